The second-order valence-electron chi connectivity index (χ2n) is 4.88. The van der Waals surface area contributed by atoms with Gasteiger partial charge in [-0.15, -0.1) is 0 Å². The van der Waals surface area contributed by atoms with E-state index < -0.39 is 17.4 Å². The maximum Gasteiger partial charge on any atom is 0.220 e. The quantitative estimate of drug-likeness (QED) is 0.772. The summed E-state index contributed by atoms with van der Waals surface area (Å²) in [5, 5.41) is 5.82. The average Bonchev–Trinajstić information content (AvgIpc) is 2.34. The second kappa shape index (κ2) is 6.56. The van der Waals surface area contributed by atoms with Gasteiger partial charge in [0, 0.05) is 44.5 Å². The maximum atomic E-state index is 13.4. The number of hydrogen-bond donors (Lipinski definition) is 2. The van der Waals surface area contributed by atoms with E-state index in [0.717, 1.165) is 25.2 Å². The Bertz CT molecular complexity index is 516. The lowest BCUT2D eigenvalue weighted by molar-refractivity contribution is -0.121. The van der Waals surface area contributed by atoms with Crippen LogP contribution in [0.2, 0.25) is 0 Å². The van der Waals surface area contributed by atoms with Crippen LogP contribution in [-0.2, 0) is 4.79 Å². The zero-order chi connectivity index (χ0) is 14.5. The number of nitrogens with one attached hydrogen (secondary N) is 2. The van der Waals surface area contributed by atoms with Gasteiger partial charge in [0.15, 0.2) is 5.78 Å². The molecular weight excluding hydrogens is 266 g/mol. The highest BCUT2D eigenvalue weighted by Crippen LogP contribution is 2.12. The molecule has 0 spiro atoms. The standard InChI is InChI=1S/C14H16F2N2O2/c15-10-1-2-11(12(16)5-10)13(19)3-4-14(20)18-8-9-6-17-7-9/h1-2,5,9,17H,3-4,6-8H2,(H,18,20). The van der Waals surface area contributed by atoms with Crippen LogP contribution in [0.15, 0.2) is 18.2 Å². The Kier molecular flexibility index (Phi) is 4.79. The molecule has 0 saturated carbocycles. The lowest BCUT2D eigenvalue weighted by atomic mass is 10.0. The number of rotatable bonds is 6. The first-order valence-corrected chi connectivity index (χ1v) is 6.52. The SMILES string of the molecule is O=C(CCC(=O)c1ccc(F)cc1F)NCC1CNC1. The number of ketones is 1. The lowest BCUT2D eigenvalue weighted by Crippen LogP contribution is -2.48. The van der Waals surface area contributed by atoms with Crippen molar-refractivity contribution in [1.29, 1.82) is 0 Å². The first kappa shape index (κ1) is 14.6. The van der Waals surface area contributed by atoms with E-state index in [9.17, 15) is 18.4 Å². The van der Waals surface area contributed by atoms with Crippen LogP contribution in [0.1, 0.15) is 23.2 Å². The van der Waals surface area contributed by atoms with E-state index in [1.54, 1.807) is 0 Å². The number of amides is 1. The summed E-state index contributed by atoms with van der Waals surface area (Å²) in [7, 11) is 0. The molecule has 0 radical (unpaired) electrons. The summed E-state index contributed by atoms with van der Waals surface area (Å²) in [6, 6.07) is 2.79. The topological polar surface area (TPSA) is 58.2 Å². The van der Waals surface area contributed by atoms with Gasteiger partial charge in [0.05, 0.1) is 5.56 Å². The van der Waals surface area contributed by atoms with Gasteiger partial charge in [0.2, 0.25) is 5.91 Å². The summed E-state index contributed by atoms with van der Waals surface area (Å²) in [5.74, 6) is -1.90. The molecule has 6 heteroatoms. The molecule has 0 atom stereocenters. The third-order valence-corrected chi connectivity index (χ3v) is 3.26. The van der Waals surface area contributed by atoms with Crippen molar-refractivity contribution in [2.45, 2.75) is 12.8 Å². The second-order valence-corrected chi connectivity index (χ2v) is 4.88. The first-order valence-electron chi connectivity index (χ1n) is 6.52. The molecule has 1 fully saturated rings. The molecule has 1 amide bonds. The third kappa shape index (κ3) is 3.84. The molecular formula is C14H16F2N2O2. The largest absolute Gasteiger partial charge is 0.356 e. The Morgan fingerprint density at radius 3 is 2.60 bits per heavy atom. The van der Waals surface area contributed by atoms with Crippen LogP contribution in [0.25, 0.3) is 0 Å². The highest BCUT2D eigenvalue weighted by molar-refractivity contribution is 5.98. The normalized spacial score (nSPS) is 14.7. The van der Waals surface area contributed by atoms with Crippen LogP contribution in [0.4, 0.5) is 8.78 Å². The predicted molar refractivity (Wildman–Crippen MR) is 69.3 cm³/mol. The minimum atomic E-state index is -0.893. The van der Waals surface area contributed by atoms with Crippen molar-refractivity contribution in [3.05, 3.63) is 35.4 Å². The highest BCUT2D eigenvalue weighted by atomic mass is 19.1. The minimum absolute atomic E-state index is 0.00972. The summed E-state index contributed by atoms with van der Waals surface area (Å²) < 4.78 is 26.1. The van der Waals surface area contributed by atoms with E-state index in [1.807, 2.05) is 0 Å². The average molecular weight is 282 g/mol. The van der Waals surface area contributed by atoms with Crippen molar-refractivity contribution in [3.63, 3.8) is 0 Å². The van der Waals surface area contributed by atoms with Crippen molar-refractivity contribution in [2.24, 2.45) is 5.92 Å². The van der Waals surface area contributed by atoms with Crippen LogP contribution < -0.4 is 10.6 Å². The monoisotopic (exact) mass is 282 g/mol. The summed E-state index contributed by atoms with van der Waals surface area (Å²) in [6.45, 7) is 2.37. The van der Waals surface area contributed by atoms with Crippen molar-refractivity contribution in [2.75, 3.05) is 19.6 Å². The van der Waals surface area contributed by atoms with E-state index in [2.05, 4.69) is 10.6 Å². The molecule has 1 aliphatic heterocycles. The maximum absolute atomic E-state index is 13.4. The molecule has 0 unspecified atom stereocenters. The van der Waals surface area contributed by atoms with Gasteiger partial charge in [0.25, 0.3) is 0 Å². The molecule has 2 rings (SSSR count). The molecule has 1 aromatic carbocycles. The molecule has 1 aliphatic rings. The van der Waals surface area contributed by atoms with Gasteiger partial charge in [-0.05, 0) is 12.1 Å². The number of benzene rings is 1. The van der Waals surface area contributed by atoms with Crippen LogP contribution in [-0.4, -0.2) is 31.3 Å². The van der Waals surface area contributed by atoms with E-state index in [0.29, 0.717) is 18.5 Å². The van der Waals surface area contributed by atoms with Crippen LogP contribution in [0.3, 0.4) is 0 Å². The Balaban J connectivity index is 1.77. The zero-order valence-electron chi connectivity index (χ0n) is 10.9. The molecule has 1 saturated heterocycles. The van der Waals surface area contributed by atoms with Crippen LogP contribution >= 0.6 is 0 Å². The molecule has 0 aliphatic carbocycles. The fourth-order valence-corrected chi connectivity index (χ4v) is 1.92. The smallest absolute Gasteiger partial charge is 0.220 e. The Hall–Kier alpha value is -1.82. The highest BCUT2D eigenvalue weighted by Gasteiger charge is 2.18. The number of carbonyl (C=O) groups is 2. The van der Waals surface area contributed by atoms with Crippen molar-refractivity contribution in [1.82, 2.24) is 10.6 Å². The van der Waals surface area contributed by atoms with E-state index in [4.69, 9.17) is 0 Å². The molecule has 108 valence electrons. The molecule has 2 N–H and O–H groups in total. The minimum Gasteiger partial charge on any atom is -0.356 e. The number of hydrogen-bond acceptors (Lipinski definition) is 3. The van der Waals surface area contributed by atoms with Gasteiger partial charge in [-0.1, -0.05) is 0 Å². The predicted octanol–water partition coefficient (Wildman–Crippen LogP) is 1.26. The molecule has 0 bridgehead atoms. The third-order valence-electron chi connectivity index (χ3n) is 3.26. The molecule has 0 aromatic heterocycles. The molecule has 1 aromatic rings. The lowest BCUT2D eigenvalue weighted by Gasteiger charge is -2.27. The first-order chi connectivity index (χ1) is 9.56. The van der Waals surface area contributed by atoms with Crippen molar-refractivity contribution >= 4 is 11.7 Å². The number of halogens is 2. The van der Waals surface area contributed by atoms with Gasteiger partial charge in [0.1, 0.15) is 11.6 Å². The molecule has 20 heavy (non-hydrogen) atoms. The summed E-state index contributed by atoms with van der Waals surface area (Å²) in [6.07, 6.45) is -0.0763. The van der Waals surface area contributed by atoms with Gasteiger partial charge in [-0.3, -0.25) is 9.59 Å². The fourth-order valence-electron chi connectivity index (χ4n) is 1.92. The summed E-state index contributed by atoms with van der Waals surface area (Å²) in [4.78, 5) is 23.3. The summed E-state index contributed by atoms with van der Waals surface area (Å²) in [5.41, 5.74) is -0.178. The molecule has 1 heterocycles. The van der Waals surface area contributed by atoms with Crippen molar-refractivity contribution in [3.8, 4) is 0 Å². The Morgan fingerprint density at radius 2 is 2.00 bits per heavy atom. The van der Waals surface area contributed by atoms with E-state index in [1.165, 1.54) is 0 Å². The Labute approximate surface area is 115 Å². The number of carbonyl (C=O) groups excluding carboxylic acids is 2. The fraction of sp³-hybridized carbons (Fsp3) is 0.429. The zero-order valence-corrected chi connectivity index (χ0v) is 10.9. The van der Waals surface area contributed by atoms with Crippen molar-refractivity contribution < 1.29 is 18.4 Å². The van der Waals surface area contributed by atoms with Gasteiger partial charge in [-0.2, -0.15) is 0 Å². The van der Waals surface area contributed by atoms with Gasteiger partial charge in [-0.25, -0.2) is 8.78 Å². The van der Waals surface area contributed by atoms with Gasteiger partial charge >= 0.3 is 0 Å². The van der Waals surface area contributed by atoms with Crippen LogP contribution in [0.5, 0.6) is 0 Å². The summed E-state index contributed by atoms with van der Waals surface area (Å²) >= 11 is 0. The molecule has 4 nitrogen and oxygen atoms in total. The number of Topliss-reactive ketones (excluding diaryl/α,β-unsaturated/α-hetero) is 1. The van der Waals surface area contributed by atoms with Gasteiger partial charge < -0.3 is 10.6 Å². The van der Waals surface area contributed by atoms with E-state index >= 15 is 0 Å². The van der Waals surface area contributed by atoms with E-state index in [-0.39, 0.29) is 24.3 Å². The van der Waals surface area contributed by atoms with Crippen LogP contribution in [0, 0.1) is 17.6 Å². The Morgan fingerprint density at radius 1 is 1.25 bits per heavy atom.